The molecule has 0 spiro atoms. The maximum absolute atomic E-state index is 13.9. The van der Waals surface area contributed by atoms with Crippen molar-refractivity contribution in [3.63, 3.8) is 0 Å². The first-order valence-corrected chi connectivity index (χ1v) is 14.1. The summed E-state index contributed by atoms with van der Waals surface area (Å²) in [7, 11) is 3.77. The van der Waals surface area contributed by atoms with E-state index in [0.717, 1.165) is 54.3 Å². The highest BCUT2D eigenvalue weighted by molar-refractivity contribution is 6.03. The Hall–Kier alpha value is -4.70. The SMILES string of the molecule is COc1ccc(Cn2nc(C)cc2Nc2cc(O)cc(O)c2C(=O)N2Cc3ccc(N4CCN(C)CC4)cc3C2)cc1. The quantitative estimate of drug-likeness (QED) is 0.303. The summed E-state index contributed by atoms with van der Waals surface area (Å²) in [4.78, 5) is 20.4. The third-order valence-corrected chi connectivity index (χ3v) is 8.04. The van der Waals surface area contributed by atoms with Crippen molar-refractivity contribution in [1.29, 1.82) is 0 Å². The molecule has 0 bridgehead atoms. The maximum atomic E-state index is 13.9. The molecule has 4 aromatic rings. The van der Waals surface area contributed by atoms with Crippen molar-refractivity contribution in [2.45, 2.75) is 26.6 Å². The van der Waals surface area contributed by atoms with Crippen LogP contribution >= 0.6 is 0 Å². The third kappa shape index (κ3) is 5.58. The fourth-order valence-corrected chi connectivity index (χ4v) is 5.69. The van der Waals surface area contributed by atoms with Gasteiger partial charge >= 0.3 is 0 Å². The van der Waals surface area contributed by atoms with Crippen LogP contribution in [0.25, 0.3) is 0 Å². The fraction of sp³-hybridized carbons (Fsp3) is 0.312. The summed E-state index contributed by atoms with van der Waals surface area (Å²) in [5.41, 5.74) is 5.60. The number of benzene rings is 3. The number of amides is 1. The van der Waals surface area contributed by atoms with Crippen LogP contribution in [-0.4, -0.2) is 76.0 Å². The van der Waals surface area contributed by atoms with Crippen LogP contribution in [0, 0.1) is 6.92 Å². The summed E-state index contributed by atoms with van der Waals surface area (Å²) < 4.78 is 7.05. The standard InChI is InChI=1S/C32H36N6O4/c1-21-14-30(38(34-21)18-22-4-8-27(42-3)9-5-22)33-28-16-26(39)17-29(40)31(28)32(41)37-19-23-6-7-25(15-24(23)20-37)36-12-10-35(2)11-13-36/h4-9,14-17,33,39-40H,10-13,18-20H2,1-3H3. The minimum atomic E-state index is -0.315. The van der Waals surface area contributed by atoms with Crippen LogP contribution in [0.15, 0.2) is 60.7 Å². The van der Waals surface area contributed by atoms with Gasteiger partial charge in [0.1, 0.15) is 28.6 Å². The van der Waals surface area contributed by atoms with Crippen LogP contribution in [-0.2, 0) is 19.6 Å². The minimum Gasteiger partial charge on any atom is -0.508 e. The van der Waals surface area contributed by atoms with E-state index in [9.17, 15) is 15.0 Å². The van der Waals surface area contributed by atoms with Crippen molar-refractivity contribution in [2.75, 3.05) is 50.6 Å². The van der Waals surface area contributed by atoms with E-state index in [4.69, 9.17) is 4.74 Å². The Morgan fingerprint density at radius 2 is 1.69 bits per heavy atom. The molecular formula is C32H36N6O4. The number of aromatic hydroxyl groups is 2. The number of methoxy groups -OCH3 is 1. The highest BCUT2D eigenvalue weighted by Crippen LogP contribution is 2.37. The Morgan fingerprint density at radius 3 is 2.43 bits per heavy atom. The van der Waals surface area contributed by atoms with Gasteiger partial charge in [-0.25, -0.2) is 4.68 Å². The lowest BCUT2D eigenvalue weighted by Gasteiger charge is -2.34. The number of likely N-dealkylation sites (N-methyl/N-ethyl adjacent to an activating group) is 1. The van der Waals surface area contributed by atoms with Gasteiger partial charge in [0, 0.05) is 63.2 Å². The normalized spacial score (nSPS) is 15.1. The number of anilines is 3. The summed E-state index contributed by atoms with van der Waals surface area (Å²) in [6.07, 6.45) is 0. The highest BCUT2D eigenvalue weighted by atomic mass is 16.5. The number of rotatable bonds is 7. The molecule has 2 aliphatic heterocycles. The van der Waals surface area contributed by atoms with Crippen molar-refractivity contribution < 1.29 is 19.7 Å². The number of phenolic OH excluding ortho intramolecular Hbond substituents is 2. The molecule has 1 saturated heterocycles. The zero-order chi connectivity index (χ0) is 29.4. The van der Waals surface area contributed by atoms with Crippen LogP contribution < -0.4 is 15.0 Å². The number of ether oxygens (including phenoxy) is 1. The van der Waals surface area contributed by atoms with E-state index in [2.05, 4.69) is 45.5 Å². The van der Waals surface area contributed by atoms with Gasteiger partial charge in [-0.2, -0.15) is 5.10 Å². The maximum Gasteiger partial charge on any atom is 0.260 e. The van der Waals surface area contributed by atoms with Crippen LogP contribution in [0.5, 0.6) is 17.2 Å². The lowest BCUT2D eigenvalue weighted by molar-refractivity contribution is 0.0749. The molecule has 3 heterocycles. The Morgan fingerprint density at radius 1 is 0.952 bits per heavy atom. The highest BCUT2D eigenvalue weighted by Gasteiger charge is 2.29. The molecule has 0 unspecified atom stereocenters. The number of nitrogens with one attached hydrogen (secondary N) is 1. The van der Waals surface area contributed by atoms with Gasteiger partial charge in [0.15, 0.2) is 0 Å². The Labute approximate surface area is 245 Å². The number of aryl methyl sites for hydroxylation is 1. The van der Waals surface area contributed by atoms with E-state index in [0.29, 0.717) is 31.1 Å². The number of hydrogen-bond donors (Lipinski definition) is 3. The molecule has 1 aromatic heterocycles. The Kier molecular flexibility index (Phi) is 7.38. The van der Waals surface area contributed by atoms with Crippen molar-refractivity contribution in [3.8, 4) is 17.2 Å². The van der Waals surface area contributed by atoms with Crippen molar-refractivity contribution in [3.05, 3.63) is 88.6 Å². The first-order valence-electron chi connectivity index (χ1n) is 14.1. The van der Waals surface area contributed by atoms with Gasteiger partial charge in [-0.1, -0.05) is 18.2 Å². The third-order valence-electron chi connectivity index (χ3n) is 8.04. The fourth-order valence-electron chi connectivity index (χ4n) is 5.69. The Balaban J connectivity index is 1.24. The van der Waals surface area contributed by atoms with Gasteiger partial charge in [-0.15, -0.1) is 0 Å². The summed E-state index contributed by atoms with van der Waals surface area (Å²) in [6, 6.07) is 18.7. The lowest BCUT2D eigenvalue weighted by Crippen LogP contribution is -2.44. The van der Waals surface area contributed by atoms with Gasteiger partial charge in [0.2, 0.25) is 0 Å². The first kappa shape index (κ1) is 27.5. The number of phenols is 2. The van der Waals surface area contributed by atoms with Gasteiger partial charge in [-0.3, -0.25) is 4.79 Å². The van der Waals surface area contributed by atoms with E-state index >= 15 is 0 Å². The van der Waals surface area contributed by atoms with Crippen LogP contribution in [0.3, 0.4) is 0 Å². The van der Waals surface area contributed by atoms with Crippen LogP contribution in [0.1, 0.15) is 32.7 Å². The largest absolute Gasteiger partial charge is 0.508 e. The molecular weight excluding hydrogens is 532 g/mol. The van der Waals surface area contributed by atoms with E-state index in [1.54, 1.807) is 16.7 Å². The second-order valence-corrected chi connectivity index (χ2v) is 11.1. The molecule has 6 rings (SSSR count). The molecule has 3 N–H and O–H groups in total. The molecule has 1 fully saturated rings. The monoisotopic (exact) mass is 568 g/mol. The van der Waals surface area contributed by atoms with Gasteiger partial charge in [0.05, 0.1) is 25.0 Å². The van der Waals surface area contributed by atoms with Crippen LogP contribution in [0.2, 0.25) is 0 Å². The summed E-state index contributed by atoms with van der Waals surface area (Å²) in [5, 5.41) is 29.1. The average Bonchev–Trinajstić information content (AvgIpc) is 3.55. The summed E-state index contributed by atoms with van der Waals surface area (Å²) in [6.45, 7) is 7.26. The van der Waals surface area contributed by atoms with Gasteiger partial charge in [0.25, 0.3) is 5.91 Å². The Bertz CT molecular complexity index is 1610. The predicted molar refractivity (Wildman–Crippen MR) is 162 cm³/mol. The zero-order valence-corrected chi connectivity index (χ0v) is 24.2. The number of hydrogen-bond acceptors (Lipinski definition) is 8. The predicted octanol–water partition coefficient (Wildman–Crippen LogP) is 4.31. The van der Waals surface area contributed by atoms with Crippen molar-refractivity contribution in [1.82, 2.24) is 19.6 Å². The molecule has 0 atom stereocenters. The van der Waals surface area contributed by atoms with E-state index < -0.39 is 0 Å². The van der Waals surface area contributed by atoms with Gasteiger partial charge in [-0.05, 0) is 54.9 Å². The summed E-state index contributed by atoms with van der Waals surface area (Å²) >= 11 is 0. The molecule has 1 amide bonds. The number of piperazine rings is 1. The minimum absolute atomic E-state index is 0.106. The molecule has 10 nitrogen and oxygen atoms in total. The van der Waals surface area contributed by atoms with E-state index in [1.807, 2.05) is 37.3 Å². The molecule has 0 saturated carbocycles. The summed E-state index contributed by atoms with van der Waals surface area (Å²) in [5.74, 6) is 0.654. The average molecular weight is 569 g/mol. The topological polar surface area (TPSA) is 106 Å². The number of carbonyl (C=O) groups is 1. The van der Waals surface area contributed by atoms with E-state index in [-0.39, 0.29) is 23.0 Å². The molecule has 10 heteroatoms. The lowest BCUT2D eigenvalue weighted by atomic mass is 10.1. The molecule has 0 aliphatic carbocycles. The molecule has 2 aliphatic rings. The molecule has 218 valence electrons. The number of aromatic nitrogens is 2. The first-order chi connectivity index (χ1) is 20.3. The van der Waals surface area contributed by atoms with Crippen LogP contribution in [0.4, 0.5) is 17.2 Å². The second kappa shape index (κ2) is 11.3. The smallest absolute Gasteiger partial charge is 0.260 e. The van der Waals surface area contributed by atoms with Crippen molar-refractivity contribution >= 4 is 23.1 Å². The number of fused-ring (bicyclic) bond motifs is 1. The molecule has 0 radical (unpaired) electrons. The second-order valence-electron chi connectivity index (χ2n) is 11.1. The number of nitrogens with zero attached hydrogens (tertiary/aromatic N) is 5. The number of carbonyl (C=O) groups excluding carboxylic acids is 1. The zero-order valence-electron chi connectivity index (χ0n) is 24.2. The van der Waals surface area contributed by atoms with E-state index in [1.165, 1.54) is 17.8 Å². The van der Waals surface area contributed by atoms with Gasteiger partial charge < -0.3 is 35.0 Å². The van der Waals surface area contributed by atoms with Crippen molar-refractivity contribution in [2.24, 2.45) is 0 Å². The molecule has 3 aromatic carbocycles. The molecule has 42 heavy (non-hydrogen) atoms.